The first-order valence-corrected chi connectivity index (χ1v) is 7.45. The van der Waals surface area contributed by atoms with Gasteiger partial charge in [0.15, 0.2) is 6.61 Å². The second-order valence-corrected chi connectivity index (χ2v) is 5.83. The second kappa shape index (κ2) is 5.74. The molecular weight excluding hydrogens is 304 g/mol. The molecule has 0 atom stereocenters. The number of ether oxygens (including phenoxy) is 1. The summed E-state index contributed by atoms with van der Waals surface area (Å²) in [5.41, 5.74) is 4.26. The molecule has 1 aliphatic heterocycles. The van der Waals surface area contributed by atoms with Gasteiger partial charge in [0.25, 0.3) is 11.8 Å². The molecule has 2 aromatic rings. The van der Waals surface area contributed by atoms with E-state index < -0.39 is 5.91 Å². The van der Waals surface area contributed by atoms with Gasteiger partial charge in [-0.05, 0) is 25.1 Å². The van der Waals surface area contributed by atoms with Crippen molar-refractivity contribution in [3.63, 3.8) is 0 Å². The summed E-state index contributed by atoms with van der Waals surface area (Å²) in [6.45, 7) is 1.68. The van der Waals surface area contributed by atoms with Crippen LogP contribution in [-0.2, 0) is 9.59 Å². The lowest BCUT2D eigenvalue weighted by atomic mass is 10.1. The zero-order valence-corrected chi connectivity index (χ0v) is 12.6. The van der Waals surface area contributed by atoms with E-state index in [-0.39, 0.29) is 19.1 Å². The first kappa shape index (κ1) is 14.5. The van der Waals surface area contributed by atoms with E-state index in [0.717, 1.165) is 16.3 Å². The minimum Gasteiger partial charge on any atom is -0.482 e. The highest BCUT2D eigenvalue weighted by molar-refractivity contribution is 7.09. The molecule has 1 aromatic heterocycles. The summed E-state index contributed by atoms with van der Waals surface area (Å²) in [5, 5.41) is 2.90. The van der Waals surface area contributed by atoms with Gasteiger partial charge in [0.2, 0.25) is 0 Å². The molecule has 0 radical (unpaired) electrons. The molecule has 2 amide bonds. The molecule has 0 unspecified atom stereocenters. The summed E-state index contributed by atoms with van der Waals surface area (Å²) >= 11 is 1.55. The van der Waals surface area contributed by atoms with Gasteiger partial charge in [0, 0.05) is 10.9 Å². The molecule has 7 nitrogen and oxygen atoms in total. The third-order valence-electron chi connectivity index (χ3n) is 3.28. The highest BCUT2D eigenvalue weighted by Crippen LogP contribution is 2.36. The molecule has 1 aliphatic rings. The minimum atomic E-state index is -0.448. The molecular formula is C14H14N4O3S. The fraction of sp³-hybridized carbons (Fsp3) is 0.214. The number of aromatic nitrogens is 1. The van der Waals surface area contributed by atoms with Crippen LogP contribution in [0.4, 0.5) is 5.69 Å². The molecule has 1 aromatic carbocycles. The van der Waals surface area contributed by atoms with Crippen molar-refractivity contribution in [1.82, 2.24) is 10.4 Å². The van der Waals surface area contributed by atoms with Crippen molar-refractivity contribution in [2.24, 2.45) is 5.84 Å². The number of amides is 2. The Morgan fingerprint density at radius 1 is 1.55 bits per heavy atom. The van der Waals surface area contributed by atoms with Gasteiger partial charge in [-0.25, -0.2) is 10.8 Å². The largest absolute Gasteiger partial charge is 0.482 e. The quantitative estimate of drug-likeness (QED) is 0.496. The number of aryl methyl sites for hydroxylation is 1. The number of nitrogens with two attached hydrogens (primary N) is 1. The van der Waals surface area contributed by atoms with E-state index in [2.05, 4.69) is 4.98 Å². The monoisotopic (exact) mass is 318 g/mol. The van der Waals surface area contributed by atoms with Gasteiger partial charge < -0.3 is 4.74 Å². The molecule has 0 fully saturated rings. The van der Waals surface area contributed by atoms with Crippen LogP contribution >= 0.6 is 11.3 Å². The van der Waals surface area contributed by atoms with Gasteiger partial charge in [-0.2, -0.15) is 0 Å². The van der Waals surface area contributed by atoms with E-state index in [9.17, 15) is 9.59 Å². The van der Waals surface area contributed by atoms with Crippen molar-refractivity contribution in [3.05, 3.63) is 28.6 Å². The van der Waals surface area contributed by atoms with E-state index in [1.165, 1.54) is 4.90 Å². The number of benzene rings is 1. The number of anilines is 1. The zero-order valence-electron chi connectivity index (χ0n) is 11.8. The Morgan fingerprint density at radius 2 is 2.36 bits per heavy atom. The van der Waals surface area contributed by atoms with Crippen molar-refractivity contribution in [2.75, 3.05) is 18.1 Å². The Hall–Kier alpha value is -2.45. The third kappa shape index (κ3) is 2.66. The van der Waals surface area contributed by atoms with Crippen LogP contribution in [0.2, 0.25) is 0 Å². The molecule has 3 N–H and O–H groups in total. The highest BCUT2D eigenvalue weighted by Gasteiger charge is 2.27. The molecule has 0 aliphatic carbocycles. The van der Waals surface area contributed by atoms with Crippen LogP contribution in [0.3, 0.4) is 0 Å². The number of carbonyl (C=O) groups excluding carboxylic acids is 2. The fourth-order valence-electron chi connectivity index (χ4n) is 2.22. The Balaban J connectivity index is 2.00. The maximum atomic E-state index is 12.0. The van der Waals surface area contributed by atoms with Gasteiger partial charge in [-0.15, -0.1) is 11.3 Å². The summed E-state index contributed by atoms with van der Waals surface area (Å²) in [7, 11) is 0. The lowest BCUT2D eigenvalue weighted by Gasteiger charge is -2.29. The van der Waals surface area contributed by atoms with E-state index in [4.69, 9.17) is 10.6 Å². The van der Waals surface area contributed by atoms with Crippen molar-refractivity contribution >= 4 is 28.8 Å². The van der Waals surface area contributed by atoms with Crippen LogP contribution in [0.1, 0.15) is 5.01 Å². The topological polar surface area (TPSA) is 97.5 Å². The van der Waals surface area contributed by atoms with E-state index in [0.29, 0.717) is 11.4 Å². The smallest absolute Gasteiger partial charge is 0.265 e. The minimum absolute atomic E-state index is 0.0972. The van der Waals surface area contributed by atoms with Crippen LogP contribution in [0.5, 0.6) is 5.75 Å². The summed E-state index contributed by atoms with van der Waals surface area (Å²) in [6.07, 6.45) is 0. The van der Waals surface area contributed by atoms with Gasteiger partial charge >= 0.3 is 0 Å². The first-order chi connectivity index (χ1) is 10.6. The number of nitrogens with one attached hydrogen (secondary N) is 1. The van der Waals surface area contributed by atoms with Crippen molar-refractivity contribution in [1.29, 1.82) is 0 Å². The summed E-state index contributed by atoms with van der Waals surface area (Å²) < 4.78 is 5.41. The lowest BCUT2D eigenvalue weighted by molar-refractivity contribution is -0.125. The number of thiazole rings is 1. The maximum Gasteiger partial charge on any atom is 0.265 e. The lowest BCUT2D eigenvalue weighted by Crippen LogP contribution is -2.46. The Morgan fingerprint density at radius 3 is 3.05 bits per heavy atom. The normalized spacial score (nSPS) is 13.5. The highest BCUT2D eigenvalue weighted by atomic mass is 32.1. The predicted octanol–water partition coefficient (Wildman–Crippen LogP) is 0.834. The molecule has 0 saturated carbocycles. The molecule has 114 valence electrons. The number of nitrogens with zero attached hydrogens (tertiary/aromatic N) is 2. The van der Waals surface area contributed by atoms with Crippen LogP contribution in [0, 0.1) is 6.92 Å². The van der Waals surface area contributed by atoms with Gasteiger partial charge in [-0.3, -0.25) is 19.9 Å². The van der Waals surface area contributed by atoms with Crippen molar-refractivity contribution in [2.45, 2.75) is 6.92 Å². The summed E-state index contributed by atoms with van der Waals surface area (Å²) in [5.74, 6) is 4.92. The van der Waals surface area contributed by atoms with Gasteiger partial charge in [0.1, 0.15) is 12.3 Å². The van der Waals surface area contributed by atoms with E-state index in [1.54, 1.807) is 23.5 Å². The zero-order chi connectivity index (χ0) is 15.7. The number of hydrogen-bond donors (Lipinski definition) is 2. The molecule has 3 rings (SSSR count). The Bertz CT molecular complexity index is 743. The fourth-order valence-corrected chi connectivity index (χ4v) is 2.84. The number of fused-ring (bicyclic) bond motifs is 1. The molecule has 0 saturated heterocycles. The molecule has 2 heterocycles. The van der Waals surface area contributed by atoms with Gasteiger partial charge in [-0.1, -0.05) is 0 Å². The van der Waals surface area contributed by atoms with Crippen molar-refractivity contribution in [3.8, 4) is 17.0 Å². The number of carbonyl (C=O) groups is 2. The van der Waals surface area contributed by atoms with Crippen LogP contribution in [0.25, 0.3) is 11.3 Å². The second-order valence-electron chi connectivity index (χ2n) is 4.77. The first-order valence-electron chi connectivity index (χ1n) is 6.57. The SMILES string of the molecule is Cc1nc(-c2ccc3c(c2)N(CC(=O)NN)C(=O)CO3)cs1. The van der Waals surface area contributed by atoms with Crippen LogP contribution < -0.4 is 20.9 Å². The average Bonchev–Trinajstić information content (AvgIpc) is 2.96. The molecule has 22 heavy (non-hydrogen) atoms. The average molecular weight is 318 g/mol. The number of hydrogen-bond acceptors (Lipinski definition) is 6. The van der Waals surface area contributed by atoms with Crippen LogP contribution in [-0.4, -0.2) is 29.9 Å². The Kier molecular flexibility index (Phi) is 3.78. The molecule has 0 spiro atoms. The number of hydrazine groups is 1. The van der Waals surface area contributed by atoms with E-state index >= 15 is 0 Å². The number of rotatable bonds is 3. The van der Waals surface area contributed by atoms with Gasteiger partial charge in [0.05, 0.1) is 16.4 Å². The van der Waals surface area contributed by atoms with Crippen molar-refractivity contribution < 1.29 is 14.3 Å². The summed E-state index contributed by atoms with van der Waals surface area (Å²) in [6, 6.07) is 5.45. The third-order valence-corrected chi connectivity index (χ3v) is 4.05. The standard InChI is InChI=1S/C14H14N4O3S/c1-8-16-10(7-22-8)9-2-3-12-11(4-9)18(5-13(19)17-15)14(20)6-21-12/h2-4,7H,5-6,15H2,1H3,(H,17,19). The molecule has 8 heteroatoms. The van der Waals surface area contributed by atoms with Crippen LogP contribution in [0.15, 0.2) is 23.6 Å². The summed E-state index contributed by atoms with van der Waals surface area (Å²) in [4.78, 5) is 29.3. The Labute approximate surface area is 130 Å². The van der Waals surface area contributed by atoms with E-state index in [1.807, 2.05) is 23.8 Å². The predicted molar refractivity (Wildman–Crippen MR) is 82.5 cm³/mol. The maximum absolute atomic E-state index is 12.0. The molecule has 0 bridgehead atoms.